The maximum atomic E-state index is 12.1. The topological polar surface area (TPSA) is 89.3 Å². The molecule has 1 aromatic carbocycles. The molecule has 1 fully saturated rings. The number of hydrogen-bond acceptors (Lipinski definition) is 3. The van der Waals surface area contributed by atoms with E-state index in [1.807, 2.05) is 0 Å². The Balaban J connectivity index is 1.98. The van der Waals surface area contributed by atoms with Crippen LogP contribution in [-0.4, -0.2) is 20.4 Å². The quantitative estimate of drug-likeness (QED) is 0.863. The van der Waals surface area contributed by atoms with Crippen LogP contribution in [-0.2, 0) is 15.8 Å². The molecule has 0 unspecified atom stereocenters. The molecule has 0 spiro atoms. The lowest BCUT2D eigenvalue weighted by Crippen LogP contribution is -2.36. The summed E-state index contributed by atoms with van der Waals surface area (Å²) < 4.78 is 26.9. The van der Waals surface area contributed by atoms with Gasteiger partial charge in [-0.3, -0.25) is 4.79 Å². The van der Waals surface area contributed by atoms with E-state index in [-0.39, 0.29) is 11.8 Å². The van der Waals surface area contributed by atoms with E-state index in [4.69, 9.17) is 5.73 Å². The molecular weight excluding hydrogens is 276 g/mol. The van der Waals surface area contributed by atoms with Gasteiger partial charge in [-0.25, -0.2) is 13.1 Å². The molecular formula is C14H20N2O3S. The van der Waals surface area contributed by atoms with Crippen LogP contribution in [0.4, 0.5) is 0 Å². The van der Waals surface area contributed by atoms with Gasteiger partial charge < -0.3 is 5.73 Å². The third kappa shape index (κ3) is 4.31. The molecule has 1 saturated carbocycles. The molecule has 1 aliphatic carbocycles. The van der Waals surface area contributed by atoms with E-state index in [1.54, 1.807) is 24.3 Å². The number of hydrogen-bond donors (Lipinski definition) is 2. The summed E-state index contributed by atoms with van der Waals surface area (Å²) in [5.74, 6) is -0.581. The van der Waals surface area contributed by atoms with Crippen LogP contribution in [0.25, 0.3) is 0 Å². The molecule has 0 aliphatic heterocycles. The minimum atomic E-state index is -3.33. The first-order valence-electron chi connectivity index (χ1n) is 6.85. The predicted molar refractivity (Wildman–Crippen MR) is 77.6 cm³/mol. The summed E-state index contributed by atoms with van der Waals surface area (Å²) in [4.78, 5) is 11.0. The van der Waals surface area contributed by atoms with Crippen molar-refractivity contribution in [2.45, 2.75) is 43.9 Å². The highest BCUT2D eigenvalue weighted by atomic mass is 32.2. The van der Waals surface area contributed by atoms with Crippen LogP contribution in [0.15, 0.2) is 24.3 Å². The number of carbonyl (C=O) groups excluding carboxylic acids is 1. The van der Waals surface area contributed by atoms with Gasteiger partial charge in [0.15, 0.2) is 0 Å². The molecule has 2 rings (SSSR count). The molecule has 20 heavy (non-hydrogen) atoms. The number of nitrogens with one attached hydrogen (secondary N) is 1. The smallest absolute Gasteiger partial charge is 0.248 e. The molecule has 5 nitrogen and oxygen atoms in total. The van der Waals surface area contributed by atoms with Crippen molar-refractivity contribution in [2.75, 3.05) is 0 Å². The maximum absolute atomic E-state index is 12.1. The van der Waals surface area contributed by atoms with Crippen LogP contribution in [0.3, 0.4) is 0 Å². The molecule has 1 aromatic rings. The van der Waals surface area contributed by atoms with Gasteiger partial charge in [0.25, 0.3) is 0 Å². The second-order valence-corrected chi connectivity index (χ2v) is 7.03. The van der Waals surface area contributed by atoms with Crippen molar-refractivity contribution in [1.82, 2.24) is 4.72 Å². The van der Waals surface area contributed by atoms with E-state index in [0.29, 0.717) is 11.1 Å². The first-order chi connectivity index (χ1) is 9.46. The van der Waals surface area contributed by atoms with Crippen molar-refractivity contribution in [3.8, 4) is 0 Å². The van der Waals surface area contributed by atoms with E-state index < -0.39 is 15.9 Å². The third-order valence-corrected chi connectivity index (χ3v) is 4.95. The summed E-state index contributed by atoms with van der Waals surface area (Å²) in [6, 6.07) is 6.42. The van der Waals surface area contributed by atoms with Crippen LogP contribution < -0.4 is 10.5 Å². The van der Waals surface area contributed by atoms with Crippen molar-refractivity contribution in [3.05, 3.63) is 35.4 Å². The highest BCUT2D eigenvalue weighted by Crippen LogP contribution is 2.19. The van der Waals surface area contributed by atoms with Gasteiger partial charge in [-0.15, -0.1) is 0 Å². The van der Waals surface area contributed by atoms with E-state index in [2.05, 4.69) is 4.72 Å². The molecule has 6 heteroatoms. The Kier molecular flexibility index (Phi) is 4.77. The molecule has 3 N–H and O–H groups in total. The summed E-state index contributed by atoms with van der Waals surface area (Å²) in [6.07, 6.45) is 5.19. The number of benzene rings is 1. The van der Waals surface area contributed by atoms with Gasteiger partial charge in [0.1, 0.15) is 0 Å². The number of sulfonamides is 1. The first-order valence-corrected chi connectivity index (χ1v) is 8.50. The number of nitrogens with two attached hydrogens (primary N) is 1. The Hall–Kier alpha value is -1.40. The third-order valence-electron chi connectivity index (χ3n) is 3.55. The van der Waals surface area contributed by atoms with Gasteiger partial charge in [-0.1, -0.05) is 31.4 Å². The lowest BCUT2D eigenvalue weighted by molar-refractivity contribution is 0.100. The highest BCUT2D eigenvalue weighted by Gasteiger charge is 2.20. The fraction of sp³-hybridized carbons (Fsp3) is 0.500. The zero-order chi connectivity index (χ0) is 14.6. The molecule has 0 saturated heterocycles. The van der Waals surface area contributed by atoms with Crippen molar-refractivity contribution < 1.29 is 13.2 Å². The fourth-order valence-corrected chi connectivity index (χ4v) is 3.96. The fourth-order valence-electron chi connectivity index (χ4n) is 2.50. The summed E-state index contributed by atoms with van der Waals surface area (Å²) in [5, 5.41) is 0. The normalized spacial score (nSPS) is 17.0. The molecule has 0 atom stereocenters. The molecule has 1 aliphatic rings. The van der Waals surface area contributed by atoms with Crippen LogP contribution >= 0.6 is 0 Å². The summed E-state index contributed by atoms with van der Waals surface area (Å²) in [6.45, 7) is 0. The van der Waals surface area contributed by atoms with Gasteiger partial charge >= 0.3 is 0 Å². The van der Waals surface area contributed by atoms with E-state index >= 15 is 0 Å². The van der Waals surface area contributed by atoms with Crippen molar-refractivity contribution in [3.63, 3.8) is 0 Å². The van der Waals surface area contributed by atoms with Crippen LogP contribution in [0, 0.1) is 0 Å². The minimum absolute atomic E-state index is 0.0669. The van der Waals surface area contributed by atoms with E-state index in [1.165, 1.54) is 6.42 Å². The second kappa shape index (κ2) is 6.37. The average molecular weight is 296 g/mol. The van der Waals surface area contributed by atoms with Crippen molar-refractivity contribution in [1.29, 1.82) is 0 Å². The summed E-state index contributed by atoms with van der Waals surface area (Å²) in [5.41, 5.74) is 6.18. The molecule has 1 amide bonds. The van der Waals surface area contributed by atoms with E-state index in [9.17, 15) is 13.2 Å². The number of carbonyl (C=O) groups is 1. The standard InChI is InChI=1S/C14H20N2O3S/c15-14(17)12-8-6-11(7-9-12)10-20(18,19)16-13-4-2-1-3-5-13/h6-9,13,16H,1-5,10H2,(H2,15,17). The van der Waals surface area contributed by atoms with E-state index in [0.717, 1.165) is 25.7 Å². The number of amides is 1. The van der Waals surface area contributed by atoms with Crippen LogP contribution in [0.5, 0.6) is 0 Å². The van der Waals surface area contributed by atoms with Gasteiger partial charge in [0, 0.05) is 11.6 Å². The molecule has 0 bridgehead atoms. The Morgan fingerprint density at radius 1 is 1.15 bits per heavy atom. The zero-order valence-corrected chi connectivity index (χ0v) is 12.2. The second-order valence-electron chi connectivity index (χ2n) is 5.27. The Morgan fingerprint density at radius 3 is 2.30 bits per heavy atom. The van der Waals surface area contributed by atoms with Gasteiger partial charge in [-0.05, 0) is 30.5 Å². The lowest BCUT2D eigenvalue weighted by Gasteiger charge is -2.22. The van der Waals surface area contributed by atoms with Gasteiger partial charge in [-0.2, -0.15) is 0 Å². The SMILES string of the molecule is NC(=O)c1ccc(CS(=O)(=O)NC2CCCCC2)cc1. The van der Waals surface area contributed by atoms with Gasteiger partial charge in [0.05, 0.1) is 5.75 Å². The van der Waals surface area contributed by atoms with Gasteiger partial charge in [0.2, 0.25) is 15.9 Å². The molecule has 0 radical (unpaired) electrons. The number of rotatable bonds is 5. The summed E-state index contributed by atoms with van der Waals surface area (Å²) in [7, 11) is -3.33. The molecule has 0 heterocycles. The first kappa shape index (κ1) is 15.0. The minimum Gasteiger partial charge on any atom is -0.366 e. The Bertz CT molecular complexity index is 561. The average Bonchev–Trinajstić information content (AvgIpc) is 2.39. The maximum Gasteiger partial charge on any atom is 0.248 e. The number of primary amides is 1. The lowest BCUT2D eigenvalue weighted by atomic mass is 9.96. The zero-order valence-electron chi connectivity index (χ0n) is 11.3. The van der Waals surface area contributed by atoms with Crippen LogP contribution in [0.2, 0.25) is 0 Å². The van der Waals surface area contributed by atoms with Crippen LogP contribution in [0.1, 0.15) is 48.0 Å². The van der Waals surface area contributed by atoms with Crippen molar-refractivity contribution in [2.24, 2.45) is 5.73 Å². The Labute approximate surface area is 119 Å². The molecule has 110 valence electrons. The monoisotopic (exact) mass is 296 g/mol. The van der Waals surface area contributed by atoms with Crippen molar-refractivity contribution >= 4 is 15.9 Å². The highest BCUT2D eigenvalue weighted by molar-refractivity contribution is 7.88. The summed E-state index contributed by atoms with van der Waals surface area (Å²) >= 11 is 0. The largest absolute Gasteiger partial charge is 0.366 e. The predicted octanol–water partition coefficient (Wildman–Crippen LogP) is 1.54. The Morgan fingerprint density at radius 2 is 1.75 bits per heavy atom. The molecule has 0 aromatic heterocycles.